The first-order chi connectivity index (χ1) is 9.13. The van der Waals surface area contributed by atoms with Crippen LogP contribution in [0.25, 0.3) is 0 Å². The van der Waals surface area contributed by atoms with E-state index >= 15 is 0 Å². The van der Waals surface area contributed by atoms with Crippen molar-refractivity contribution in [1.82, 2.24) is 4.98 Å². The van der Waals surface area contributed by atoms with E-state index in [1.165, 1.54) is 19.3 Å². The second-order valence-corrected chi connectivity index (χ2v) is 5.95. The highest BCUT2D eigenvalue weighted by Gasteiger charge is 2.28. The van der Waals surface area contributed by atoms with Crippen molar-refractivity contribution < 1.29 is 0 Å². The van der Waals surface area contributed by atoms with Gasteiger partial charge in [0, 0.05) is 12.2 Å². The molecule has 1 N–H and O–H groups in total. The largest absolute Gasteiger partial charge is 0.366 e. The molecular formula is C15H20ClN3. The Morgan fingerprint density at radius 2 is 2.16 bits per heavy atom. The number of hydrogen-bond donors (Lipinski definition) is 1. The molecule has 1 aromatic rings. The van der Waals surface area contributed by atoms with Crippen LogP contribution >= 0.6 is 11.6 Å². The zero-order valence-corrected chi connectivity index (χ0v) is 12.2. The Balaban J connectivity index is 2.18. The van der Waals surface area contributed by atoms with E-state index in [0.717, 1.165) is 6.42 Å². The molecule has 2 atom stereocenters. The lowest BCUT2D eigenvalue weighted by Crippen LogP contribution is -2.35. The third-order valence-corrected chi connectivity index (χ3v) is 4.39. The summed E-state index contributed by atoms with van der Waals surface area (Å²) in [4.78, 5) is 4.28. The fourth-order valence-electron chi connectivity index (χ4n) is 2.94. The highest BCUT2D eigenvalue weighted by atomic mass is 35.5. The molecule has 0 spiro atoms. The molecule has 1 saturated carbocycles. The van der Waals surface area contributed by atoms with Crippen LogP contribution in [0.5, 0.6) is 0 Å². The van der Waals surface area contributed by atoms with E-state index in [9.17, 15) is 0 Å². The Morgan fingerprint density at radius 3 is 2.84 bits per heavy atom. The van der Waals surface area contributed by atoms with Gasteiger partial charge < -0.3 is 5.32 Å². The van der Waals surface area contributed by atoms with Gasteiger partial charge in [-0.15, -0.1) is 0 Å². The highest BCUT2D eigenvalue weighted by Crippen LogP contribution is 2.33. The van der Waals surface area contributed by atoms with Gasteiger partial charge in [-0.1, -0.05) is 38.3 Å². The molecule has 0 radical (unpaired) electrons. The van der Waals surface area contributed by atoms with Crippen LogP contribution in [0.15, 0.2) is 12.3 Å². The SMILES string of the molecule is CC(C)C1CCCCC1Nc1nccc(C#N)c1Cl. The van der Waals surface area contributed by atoms with Crippen LogP contribution in [-0.2, 0) is 0 Å². The molecule has 102 valence electrons. The van der Waals surface area contributed by atoms with Gasteiger partial charge in [0.2, 0.25) is 0 Å². The van der Waals surface area contributed by atoms with Gasteiger partial charge in [0.25, 0.3) is 0 Å². The van der Waals surface area contributed by atoms with Crippen molar-refractivity contribution in [1.29, 1.82) is 5.26 Å². The molecule has 3 nitrogen and oxygen atoms in total. The van der Waals surface area contributed by atoms with E-state index in [-0.39, 0.29) is 0 Å². The van der Waals surface area contributed by atoms with Crippen LogP contribution < -0.4 is 5.32 Å². The first kappa shape index (κ1) is 14.1. The summed E-state index contributed by atoms with van der Waals surface area (Å²) in [5.74, 6) is 1.95. The summed E-state index contributed by atoms with van der Waals surface area (Å²) in [5.41, 5.74) is 0.482. The molecule has 1 aliphatic rings. The molecule has 0 amide bonds. The second kappa shape index (κ2) is 6.25. The van der Waals surface area contributed by atoms with Crippen LogP contribution in [0.3, 0.4) is 0 Å². The van der Waals surface area contributed by atoms with Crippen molar-refractivity contribution in [2.75, 3.05) is 5.32 Å². The van der Waals surface area contributed by atoms with Crippen LogP contribution in [0.1, 0.15) is 45.1 Å². The normalized spacial score (nSPS) is 23.1. The molecule has 1 heterocycles. The molecule has 0 bridgehead atoms. The number of aromatic nitrogens is 1. The summed E-state index contributed by atoms with van der Waals surface area (Å²) in [5, 5.41) is 12.9. The number of halogens is 1. The molecule has 0 aromatic carbocycles. The van der Waals surface area contributed by atoms with E-state index < -0.39 is 0 Å². The minimum atomic E-state index is 0.410. The number of hydrogen-bond acceptors (Lipinski definition) is 3. The van der Waals surface area contributed by atoms with E-state index in [2.05, 4.69) is 30.2 Å². The predicted octanol–water partition coefficient (Wildman–Crippen LogP) is 4.23. The summed E-state index contributed by atoms with van der Waals surface area (Å²) in [6.07, 6.45) is 6.60. The van der Waals surface area contributed by atoms with E-state index in [1.807, 2.05) is 0 Å². The minimum Gasteiger partial charge on any atom is -0.366 e. The maximum Gasteiger partial charge on any atom is 0.146 e. The fourth-order valence-corrected chi connectivity index (χ4v) is 3.15. The van der Waals surface area contributed by atoms with E-state index in [4.69, 9.17) is 16.9 Å². The number of rotatable bonds is 3. The van der Waals surface area contributed by atoms with Gasteiger partial charge in [0.15, 0.2) is 0 Å². The lowest BCUT2D eigenvalue weighted by atomic mass is 9.78. The molecule has 1 aliphatic carbocycles. The van der Waals surface area contributed by atoms with Gasteiger partial charge in [0.05, 0.1) is 5.56 Å². The van der Waals surface area contributed by atoms with Gasteiger partial charge in [0.1, 0.15) is 16.9 Å². The number of pyridine rings is 1. The van der Waals surface area contributed by atoms with E-state index in [0.29, 0.717) is 34.3 Å². The van der Waals surface area contributed by atoms with Crippen molar-refractivity contribution >= 4 is 17.4 Å². The summed E-state index contributed by atoms with van der Waals surface area (Å²) in [7, 11) is 0. The molecule has 0 saturated heterocycles. The molecule has 1 aromatic heterocycles. The average Bonchev–Trinajstić information content (AvgIpc) is 2.41. The molecule has 0 aliphatic heterocycles. The minimum absolute atomic E-state index is 0.410. The van der Waals surface area contributed by atoms with Crippen molar-refractivity contribution in [2.24, 2.45) is 11.8 Å². The first-order valence-corrected chi connectivity index (χ1v) is 7.32. The predicted molar refractivity (Wildman–Crippen MR) is 78.2 cm³/mol. The highest BCUT2D eigenvalue weighted by molar-refractivity contribution is 6.34. The first-order valence-electron chi connectivity index (χ1n) is 6.94. The standard InChI is InChI=1S/C15H20ClN3/c1-10(2)12-5-3-4-6-13(12)19-15-14(16)11(9-17)7-8-18-15/h7-8,10,12-13H,3-6H2,1-2H3,(H,18,19). The second-order valence-electron chi connectivity index (χ2n) is 5.58. The molecule has 4 heteroatoms. The zero-order valence-electron chi connectivity index (χ0n) is 11.5. The summed E-state index contributed by atoms with van der Waals surface area (Å²) >= 11 is 6.21. The molecular weight excluding hydrogens is 258 g/mol. The topological polar surface area (TPSA) is 48.7 Å². The van der Waals surface area contributed by atoms with Crippen LogP contribution in [-0.4, -0.2) is 11.0 Å². The fraction of sp³-hybridized carbons (Fsp3) is 0.600. The summed E-state index contributed by atoms with van der Waals surface area (Å²) in [6.45, 7) is 4.54. The van der Waals surface area contributed by atoms with Crippen molar-refractivity contribution in [3.05, 3.63) is 22.8 Å². The maximum absolute atomic E-state index is 9.00. The van der Waals surface area contributed by atoms with Gasteiger partial charge in [-0.2, -0.15) is 5.26 Å². The molecule has 19 heavy (non-hydrogen) atoms. The average molecular weight is 278 g/mol. The molecule has 1 fully saturated rings. The lowest BCUT2D eigenvalue weighted by Gasteiger charge is -2.35. The number of anilines is 1. The maximum atomic E-state index is 9.00. The Hall–Kier alpha value is -1.27. The quantitative estimate of drug-likeness (QED) is 0.899. The van der Waals surface area contributed by atoms with Crippen LogP contribution in [0, 0.1) is 23.2 Å². The summed E-state index contributed by atoms with van der Waals surface area (Å²) in [6, 6.07) is 4.15. The third-order valence-electron chi connectivity index (χ3n) is 4.01. The Bertz CT molecular complexity index is 479. The number of nitriles is 1. The smallest absolute Gasteiger partial charge is 0.146 e. The number of nitrogens with zero attached hydrogens (tertiary/aromatic N) is 2. The van der Waals surface area contributed by atoms with Gasteiger partial charge in [-0.3, -0.25) is 0 Å². The van der Waals surface area contributed by atoms with Crippen molar-refractivity contribution in [3.63, 3.8) is 0 Å². The monoisotopic (exact) mass is 277 g/mol. The zero-order chi connectivity index (χ0) is 13.8. The summed E-state index contributed by atoms with van der Waals surface area (Å²) < 4.78 is 0. The number of nitrogens with one attached hydrogen (secondary N) is 1. The van der Waals surface area contributed by atoms with Gasteiger partial charge >= 0.3 is 0 Å². The third kappa shape index (κ3) is 3.19. The van der Waals surface area contributed by atoms with Gasteiger partial charge in [-0.25, -0.2) is 4.98 Å². The Morgan fingerprint density at radius 1 is 1.42 bits per heavy atom. The van der Waals surface area contributed by atoms with E-state index in [1.54, 1.807) is 12.3 Å². The van der Waals surface area contributed by atoms with Gasteiger partial charge in [-0.05, 0) is 30.7 Å². The van der Waals surface area contributed by atoms with Crippen LogP contribution in [0.2, 0.25) is 5.02 Å². The Labute approximate surface area is 120 Å². The molecule has 2 unspecified atom stereocenters. The Kier molecular flexibility index (Phi) is 4.66. The van der Waals surface area contributed by atoms with Crippen molar-refractivity contribution in [2.45, 2.75) is 45.6 Å². The van der Waals surface area contributed by atoms with Crippen LogP contribution in [0.4, 0.5) is 5.82 Å². The lowest BCUT2D eigenvalue weighted by molar-refractivity contribution is 0.253. The molecule has 2 rings (SSSR count). The van der Waals surface area contributed by atoms with Crippen molar-refractivity contribution in [3.8, 4) is 6.07 Å².